The van der Waals surface area contributed by atoms with E-state index in [4.69, 9.17) is 0 Å². The summed E-state index contributed by atoms with van der Waals surface area (Å²) in [6, 6.07) is 4.71. The molecule has 0 aliphatic carbocycles. The number of halogens is 1. The van der Waals surface area contributed by atoms with Gasteiger partial charge in [0.25, 0.3) is 0 Å². The Morgan fingerprint density at radius 2 is 2.29 bits per heavy atom. The SMILES string of the molecule is CC1Cc2ccc(F)cc2C(=O)CN1. The molecule has 1 N–H and O–H groups in total. The van der Waals surface area contributed by atoms with Crippen LogP contribution in [0.25, 0.3) is 0 Å². The number of nitrogens with one attached hydrogen (secondary N) is 1. The van der Waals surface area contributed by atoms with Gasteiger partial charge in [0, 0.05) is 11.6 Å². The summed E-state index contributed by atoms with van der Waals surface area (Å²) in [6.07, 6.45) is 0.779. The van der Waals surface area contributed by atoms with Crippen molar-refractivity contribution < 1.29 is 9.18 Å². The molecule has 1 atom stereocenters. The quantitative estimate of drug-likeness (QED) is 0.677. The van der Waals surface area contributed by atoms with E-state index in [-0.39, 0.29) is 17.6 Å². The molecule has 0 fully saturated rings. The molecule has 2 rings (SSSR count). The third-order valence-corrected chi connectivity index (χ3v) is 2.51. The summed E-state index contributed by atoms with van der Waals surface area (Å²) in [6.45, 7) is 2.32. The van der Waals surface area contributed by atoms with Crippen LogP contribution in [0, 0.1) is 5.82 Å². The first-order valence-electron chi connectivity index (χ1n) is 4.72. The van der Waals surface area contributed by atoms with Crippen LogP contribution in [0.1, 0.15) is 22.8 Å². The number of carbonyl (C=O) groups is 1. The Morgan fingerprint density at radius 3 is 3.07 bits per heavy atom. The lowest BCUT2D eigenvalue weighted by Crippen LogP contribution is -2.29. The van der Waals surface area contributed by atoms with Crippen molar-refractivity contribution in [3.63, 3.8) is 0 Å². The fourth-order valence-corrected chi connectivity index (χ4v) is 1.75. The van der Waals surface area contributed by atoms with Crippen LogP contribution in [0.5, 0.6) is 0 Å². The molecule has 1 aliphatic rings. The second-order valence-electron chi connectivity index (χ2n) is 3.71. The van der Waals surface area contributed by atoms with Crippen LogP contribution < -0.4 is 5.32 Å². The predicted octanol–water partition coefficient (Wildman–Crippen LogP) is 1.54. The van der Waals surface area contributed by atoms with Crippen LogP contribution in [0.3, 0.4) is 0 Å². The minimum absolute atomic E-state index is 0.0242. The van der Waals surface area contributed by atoms with Crippen LogP contribution in [0.4, 0.5) is 4.39 Å². The van der Waals surface area contributed by atoms with E-state index in [1.54, 1.807) is 6.07 Å². The Morgan fingerprint density at radius 1 is 1.50 bits per heavy atom. The average Bonchev–Trinajstić information content (AvgIpc) is 2.29. The zero-order valence-electron chi connectivity index (χ0n) is 8.01. The maximum absolute atomic E-state index is 12.9. The molecule has 1 aliphatic heterocycles. The van der Waals surface area contributed by atoms with Gasteiger partial charge in [-0.3, -0.25) is 4.79 Å². The highest BCUT2D eigenvalue weighted by Gasteiger charge is 2.18. The van der Waals surface area contributed by atoms with Gasteiger partial charge in [-0.15, -0.1) is 0 Å². The van der Waals surface area contributed by atoms with Gasteiger partial charge >= 0.3 is 0 Å². The van der Waals surface area contributed by atoms with Gasteiger partial charge in [0.2, 0.25) is 0 Å². The predicted molar refractivity (Wildman–Crippen MR) is 51.9 cm³/mol. The van der Waals surface area contributed by atoms with Gasteiger partial charge in [0.1, 0.15) is 5.82 Å². The molecule has 0 saturated heterocycles. The second kappa shape index (κ2) is 3.50. The van der Waals surface area contributed by atoms with Crippen LogP contribution in [0.2, 0.25) is 0 Å². The first-order chi connectivity index (χ1) is 6.66. The van der Waals surface area contributed by atoms with Gasteiger partial charge in [0.05, 0.1) is 6.54 Å². The van der Waals surface area contributed by atoms with Crippen LogP contribution in [-0.4, -0.2) is 18.4 Å². The van der Waals surface area contributed by atoms with Crippen molar-refractivity contribution in [2.75, 3.05) is 6.54 Å². The van der Waals surface area contributed by atoms with Gasteiger partial charge in [-0.1, -0.05) is 6.07 Å². The molecule has 1 aromatic carbocycles. The molecule has 0 bridgehead atoms. The summed E-state index contributed by atoms with van der Waals surface area (Å²) < 4.78 is 12.9. The van der Waals surface area contributed by atoms with E-state index >= 15 is 0 Å². The van der Waals surface area contributed by atoms with Gasteiger partial charge < -0.3 is 5.32 Å². The number of rotatable bonds is 0. The van der Waals surface area contributed by atoms with Crippen LogP contribution >= 0.6 is 0 Å². The summed E-state index contributed by atoms with van der Waals surface area (Å²) in [5, 5.41) is 3.09. The van der Waals surface area contributed by atoms with Gasteiger partial charge in [-0.25, -0.2) is 4.39 Å². The molecule has 1 aromatic rings. The van der Waals surface area contributed by atoms with Crippen LogP contribution in [-0.2, 0) is 6.42 Å². The molecule has 2 nitrogen and oxygen atoms in total. The van der Waals surface area contributed by atoms with Crippen molar-refractivity contribution in [3.05, 3.63) is 35.1 Å². The van der Waals surface area contributed by atoms with Crippen molar-refractivity contribution >= 4 is 5.78 Å². The zero-order chi connectivity index (χ0) is 10.1. The number of ketones is 1. The standard InChI is InChI=1S/C11H12FNO/c1-7-4-8-2-3-9(12)5-10(8)11(14)6-13-7/h2-3,5,7,13H,4,6H2,1H3. The molecular weight excluding hydrogens is 181 g/mol. The molecule has 1 unspecified atom stereocenters. The molecule has 0 spiro atoms. The lowest BCUT2D eigenvalue weighted by Gasteiger charge is -2.08. The molecule has 74 valence electrons. The number of fused-ring (bicyclic) bond motifs is 1. The average molecular weight is 193 g/mol. The first kappa shape index (κ1) is 9.34. The molecule has 1 heterocycles. The third kappa shape index (κ3) is 1.68. The second-order valence-corrected chi connectivity index (χ2v) is 3.71. The number of hydrogen-bond donors (Lipinski definition) is 1. The smallest absolute Gasteiger partial charge is 0.176 e. The zero-order valence-corrected chi connectivity index (χ0v) is 8.01. The third-order valence-electron chi connectivity index (χ3n) is 2.51. The normalized spacial score (nSPS) is 21.6. The maximum Gasteiger partial charge on any atom is 0.176 e. The Kier molecular flexibility index (Phi) is 2.33. The Hall–Kier alpha value is -1.22. The van der Waals surface area contributed by atoms with Crippen molar-refractivity contribution in [3.8, 4) is 0 Å². The molecule has 0 amide bonds. The minimum atomic E-state index is -0.341. The molecule has 3 heteroatoms. The van der Waals surface area contributed by atoms with Crippen molar-refractivity contribution in [2.24, 2.45) is 0 Å². The summed E-state index contributed by atoms with van der Waals surface area (Å²) in [7, 11) is 0. The minimum Gasteiger partial charge on any atom is -0.307 e. The van der Waals surface area contributed by atoms with E-state index in [9.17, 15) is 9.18 Å². The molecule has 0 aromatic heterocycles. The first-order valence-corrected chi connectivity index (χ1v) is 4.72. The number of carbonyl (C=O) groups excluding carboxylic acids is 1. The fraction of sp³-hybridized carbons (Fsp3) is 0.364. The number of hydrogen-bond acceptors (Lipinski definition) is 2. The van der Waals surface area contributed by atoms with E-state index < -0.39 is 0 Å². The monoisotopic (exact) mass is 193 g/mol. The molecular formula is C11H12FNO. The Labute approximate surface area is 82.1 Å². The Bertz CT molecular complexity index is 376. The molecule has 14 heavy (non-hydrogen) atoms. The summed E-state index contributed by atoms with van der Waals surface area (Å²) >= 11 is 0. The number of Topliss-reactive ketones (excluding diaryl/α,β-unsaturated/α-hetero) is 1. The van der Waals surface area contributed by atoms with E-state index in [1.807, 2.05) is 6.92 Å². The Balaban J connectivity index is 2.47. The lowest BCUT2D eigenvalue weighted by molar-refractivity contribution is 0.0991. The molecule has 0 radical (unpaired) electrons. The summed E-state index contributed by atoms with van der Waals surface area (Å²) in [4.78, 5) is 11.6. The van der Waals surface area contributed by atoms with Crippen molar-refractivity contribution in [2.45, 2.75) is 19.4 Å². The number of benzene rings is 1. The van der Waals surface area contributed by atoms with Gasteiger partial charge in [-0.05, 0) is 31.0 Å². The highest BCUT2D eigenvalue weighted by molar-refractivity contribution is 5.99. The van der Waals surface area contributed by atoms with Crippen LogP contribution in [0.15, 0.2) is 18.2 Å². The summed E-state index contributed by atoms with van der Waals surface area (Å²) in [5.74, 6) is -0.365. The highest BCUT2D eigenvalue weighted by atomic mass is 19.1. The van der Waals surface area contributed by atoms with E-state index in [2.05, 4.69) is 5.32 Å². The fourth-order valence-electron chi connectivity index (χ4n) is 1.75. The van der Waals surface area contributed by atoms with Gasteiger partial charge in [0.15, 0.2) is 5.78 Å². The largest absolute Gasteiger partial charge is 0.307 e. The van der Waals surface area contributed by atoms with E-state index in [0.717, 1.165) is 12.0 Å². The highest BCUT2D eigenvalue weighted by Crippen LogP contribution is 2.16. The van der Waals surface area contributed by atoms with Crippen molar-refractivity contribution in [1.82, 2.24) is 5.32 Å². The van der Waals surface area contributed by atoms with Crippen molar-refractivity contribution in [1.29, 1.82) is 0 Å². The van der Waals surface area contributed by atoms with E-state index in [0.29, 0.717) is 12.1 Å². The summed E-state index contributed by atoms with van der Waals surface area (Å²) in [5.41, 5.74) is 1.47. The van der Waals surface area contributed by atoms with Gasteiger partial charge in [-0.2, -0.15) is 0 Å². The van der Waals surface area contributed by atoms with E-state index in [1.165, 1.54) is 12.1 Å². The maximum atomic E-state index is 12.9. The topological polar surface area (TPSA) is 29.1 Å². The molecule has 0 saturated carbocycles. The lowest BCUT2D eigenvalue weighted by atomic mass is 10.0.